The van der Waals surface area contributed by atoms with Crippen molar-refractivity contribution in [2.45, 2.75) is 56.3 Å². The number of carbonyl (C=O) groups excluding carboxylic acids is 1. The summed E-state index contributed by atoms with van der Waals surface area (Å²) in [7, 11) is 1.39. The van der Waals surface area contributed by atoms with E-state index in [1.165, 1.54) is 13.3 Å². The minimum Gasteiger partial charge on any atom is -0.469 e. The molecule has 3 aliphatic heterocycles. The van der Waals surface area contributed by atoms with E-state index >= 15 is 4.39 Å². The third-order valence-corrected chi connectivity index (χ3v) is 8.83. The summed E-state index contributed by atoms with van der Waals surface area (Å²) in [5, 5.41) is 3.53. The fraction of sp³-hybridized carbons (Fsp3) is 0.667. The lowest BCUT2D eigenvalue weighted by atomic mass is 9.73. The Bertz CT molecular complexity index is 1190. The monoisotopic (exact) mass is 507 g/mol. The highest BCUT2D eigenvalue weighted by Crippen LogP contribution is 2.54. The zero-order chi connectivity index (χ0) is 24.4. The molecule has 2 aromatic rings. The maximum Gasteiger partial charge on any atom is 0.317 e. The van der Waals surface area contributed by atoms with Crippen molar-refractivity contribution < 1.29 is 23.0 Å². The molecule has 11 heteroatoms. The van der Waals surface area contributed by atoms with Crippen LogP contribution in [0.3, 0.4) is 0 Å². The molecule has 0 radical (unpaired) electrons. The number of piperidine rings is 1. The van der Waals surface area contributed by atoms with Gasteiger partial charge in [-0.05, 0) is 51.1 Å². The SMILES string of the molecule is COC(=O)C12CCC(CNC1c1nc(OC[C@@]34CCCN3C[C@H](F)C4)nc3c(F)c(Cl)ncc13)C2. The topological polar surface area (TPSA) is 89.5 Å². The number of hydrogen-bond donors (Lipinski definition) is 1. The van der Waals surface area contributed by atoms with Gasteiger partial charge in [0, 0.05) is 24.5 Å². The molecule has 4 aliphatic rings. The zero-order valence-corrected chi connectivity index (χ0v) is 20.3. The molecule has 2 aromatic heterocycles. The fourth-order valence-corrected chi connectivity index (χ4v) is 7.07. The summed E-state index contributed by atoms with van der Waals surface area (Å²) < 4.78 is 40.6. The van der Waals surface area contributed by atoms with Gasteiger partial charge in [0.05, 0.1) is 29.8 Å². The third-order valence-electron chi connectivity index (χ3n) is 8.56. The predicted octanol–water partition coefficient (Wildman–Crippen LogP) is 3.38. The highest BCUT2D eigenvalue weighted by Gasteiger charge is 2.56. The van der Waals surface area contributed by atoms with Crippen LogP contribution in [0.1, 0.15) is 50.3 Å². The Hall–Kier alpha value is -2.17. The quantitative estimate of drug-likeness (QED) is 0.486. The number of nitrogens with one attached hydrogen (secondary N) is 1. The maximum atomic E-state index is 15.1. The van der Waals surface area contributed by atoms with Crippen molar-refractivity contribution in [2.24, 2.45) is 11.3 Å². The lowest BCUT2D eigenvalue weighted by molar-refractivity contribution is -0.156. The van der Waals surface area contributed by atoms with Crippen LogP contribution in [-0.2, 0) is 9.53 Å². The standard InChI is InChI=1S/C24H28ClF2N5O3/c1-34-21(33)24-5-3-13(7-24)9-28-19(24)18-15-10-29-20(25)16(27)17(15)30-22(31-18)35-12-23-4-2-6-32(23)11-14(26)8-23/h10,13-14,19,28H,2-9,11-12H2,1H3/t13?,14-,19?,23+,24?/m1/s1. The Balaban J connectivity index is 1.42. The number of methoxy groups -OCH3 is 1. The molecular formula is C24H28ClF2N5O3. The average Bonchev–Trinajstić information content (AvgIpc) is 3.50. The second kappa shape index (κ2) is 8.45. The number of ether oxygens (including phenoxy) is 2. The summed E-state index contributed by atoms with van der Waals surface area (Å²) >= 11 is 5.98. The van der Waals surface area contributed by atoms with E-state index in [0.717, 1.165) is 25.8 Å². The number of fused-ring (bicyclic) bond motifs is 4. The maximum absolute atomic E-state index is 15.1. The van der Waals surface area contributed by atoms with Crippen LogP contribution < -0.4 is 10.1 Å². The molecule has 2 bridgehead atoms. The van der Waals surface area contributed by atoms with Gasteiger partial charge in [0.2, 0.25) is 0 Å². The van der Waals surface area contributed by atoms with Gasteiger partial charge in [0.25, 0.3) is 0 Å². The van der Waals surface area contributed by atoms with Gasteiger partial charge in [-0.3, -0.25) is 9.69 Å². The van der Waals surface area contributed by atoms with Crippen LogP contribution in [0, 0.1) is 17.2 Å². The van der Waals surface area contributed by atoms with E-state index in [4.69, 9.17) is 26.1 Å². The predicted molar refractivity (Wildman–Crippen MR) is 123 cm³/mol. The van der Waals surface area contributed by atoms with Crippen LogP contribution >= 0.6 is 11.6 Å². The van der Waals surface area contributed by atoms with Gasteiger partial charge in [-0.25, -0.2) is 13.8 Å². The first kappa shape index (κ1) is 23.2. The van der Waals surface area contributed by atoms with Crippen LogP contribution in [-0.4, -0.2) is 70.9 Å². The molecule has 8 nitrogen and oxygen atoms in total. The van der Waals surface area contributed by atoms with Crippen molar-refractivity contribution in [3.8, 4) is 6.01 Å². The minimum absolute atomic E-state index is 0.0116. The smallest absolute Gasteiger partial charge is 0.317 e. The molecule has 5 heterocycles. The Morgan fingerprint density at radius 3 is 3.03 bits per heavy atom. The summed E-state index contributed by atoms with van der Waals surface area (Å²) in [5.74, 6) is -0.716. The lowest BCUT2D eigenvalue weighted by Crippen LogP contribution is -2.48. The molecule has 3 unspecified atom stereocenters. The normalized spacial score (nSPS) is 34.3. The number of halogens is 3. The number of carbonyl (C=O) groups is 1. The Kier molecular flexibility index (Phi) is 5.61. The summed E-state index contributed by atoms with van der Waals surface area (Å²) in [6, 6.07) is -0.536. The second-order valence-corrected chi connectivity index (χ2v) is 10.8. The number of aromatic nitrogens is 3. The molecule has 188 valence electrons. The molecule has 3 saturated heterocycles. The van der Waals surface area contributed by atoms with Crippen LogP contribution in [0.2, 0.25) is 5.15 Å². The number of rotatable bonds is 5. The van der Waals surface area contributed by atoms with Crippen LogP contribution in [0.5, 0.6) is 6.01 Å². The molecule has 0 aromatic carbocycles. The van der Waals surface area contributed by atoms with Crippen LogP contribution in [0.4, 0.5) is 8.78 Å². The van der Waals surface area contributed by atoms with Gasteiger partial charge in [-0.15, -0.1) is 0 Å². The molecular weight excluding hydrogens is 480 g/mol. The van der Waals surface area contributed by atoms with E-state index in [9.17, 15) is 9.18 Å². The third kappa shape index (κ3) is 3.59. The summed E-state index contributed by atoms with van der Waals surface area (Å²) in [6.07, 6.45) is 4.95. The van der Waals surface area contributed by atoms with Crippen molar-refractivity contribution >= 4 is 28.5 Å². The lowest BCUT2D eigenvalue weighted by Gasteiger charge is -2.39. The number of pyridine rings is 1. The number of hydrogen-bond acceptors (Lipinski definition) is 8. The molecule has 5 atom stereocenters. The zero-order valence-electron chi connectivity index (χ0n) is 19.5. The van der Waals surface area contributed by atoms with Gasteiger partial charge in [-0.1, -0.05) is 11.6 Å². The van der Waals surface area contributed by atoms with E-state index in [1.54, 1.807) is 0 Å². The number of nitrogens with zero attached hydrogens (tertiary/aromatic N) is 4. The van der Waals surface area contributed by atoms with Gasteiger partial charge in [0.15, 0.2) is 11.0 Å². The van der Waals surface area contributed by atoms with Gasteiger partial charge >= 0.3 is 12.0 Å². The summed E-state index contributed by atoms with van der Waals surface area (Å²) in [5.41, 5.74) is -0.793. The first-order valence-corrected chi connectivity index (χ1v) is 12.6. The van der Waals surface area contributed by atoms with E-state index in [0.29, 0.717) is 49.4 Å². The minimum atomic E-state index is -0.893. The van der Waals surface area contributed by atoms with Crippen LogP contribution in [0.15, 0.2) is 6.20 Å². The van der Waals surface area contributed by atoms with E-state index in [-0.39, 0.29) is 29.3 Å². The molecule has 35 heavy (non-hydrogen) atoms. The van der Waals surface area contributed by atoms with E-state index < -0.39 is 29.0 Å². The van der Waals surface area contributed by atoms with Crippen molar-refractivity contribution in [2.75, 3.05) is 33.4 Å². The number of esters is 1. The van der Waals surface area contributed by atoms with Gasteiger partial charge in [-0.2, -0.15) is 9.97 Å². The summed E-state index contributed by atoms with van der Waals surface area (Å²) in [4.78, 5) is 28.2. The molecule has 4 fully saturated rings. The highest BCUT2D eigenvalue weighted by atomic mass is 35.5. The molecule has 1 N–H and O–H groups in total. The Labute approximate surface area is 206 Å². The molecule has 1 saturated carbocycles. The second-order valence-electron chi connectivity index (χ2n) is 10.5. The van der Waals surface area contributed by atoms with E-state index in [2.05, 4.69) is 20.2 Å². The fourth-order valence-electron chi connectivity index (χ4n) is 6.93. The van der Waals surface area contributed by atoms with Crippen molar-refractivity contribution in [3.05, 3.63) is 22.9 Å². The van der Waals surface area contributed by atoms with Crippen molar-refractivity contribution in [3.63, 3.8) is 0 Å². The van der Waals surface area contributed by atoms with Crippen molar-refractivity contribution in [1.29, 1.82) is 0 Å². The average molecular weight is 508 g/mol. The highest BCUT2D eigenvalue weighted by molar-refractivity contribution is 6.30. The van der Waals surface area contributed by atoms with Gasteiger partial charge < -0.3 is 14.8 Å². The molecule has 0 spiro atoms. The molecule has 6 rings (SSSR count). The first-order valence-electron chi connectivity index (χ1n) is 12.2. The Morgan fingerprint density at radius 1 is 1.34 bits per heavy atom. The van der Waals surface area contributed by atoms with Gasteiger partial charge in [0.1, 0.15) is 18.3 Å². The summed E-state index contributed by atoms with van der Waals surface area (Å²) in [6.45, 7) is 2.15. The number of alkyl halides is 1. The van der Waals surface area contributed by atoms with E-state index in [1.807, 2.05) is 0 Å². The van der Waals surface area contributed by atoms with Crippen molar-refractivity contribution in [1.82, 2.24) is 25.2 Å². The van der Waals surface area contributed by atoms with Crippen LogP contribution in [0.25, 0.3) is 10.9 Å². The first-order chi connectivity index (χ1) is 16.8. The molecule has 0 amide bonds. The Morgan fingerprint density at radius 2 is 2.20 bits per heavy atom. The largest absolute Gasteiger partial charge is 0.469 e. The molecule has 1 aliphatic carbocycles.